The van der Waals surface area contributed by atoms with Gasteiger partial charge in [-0.25, -0.2) is 0 Å². The van der Waals surface area contributed by atoms with Gasteiger partial charge in [0.05, 0.1) is 0 Å². The third-order valence-corrected chi connectivity index (χ3v) is 3.16. The number of nitrogens with zero attached hydrogens (tertiary/aromatic N) is 1. The molecule has 1 heterocycles. The first-order chi connectivity index (χ1) is 7.79. The Bertz CT molecular complexity index is 354. The highest BCUT2D eigenvalue weighted by atomic mass is 15.2. The van der Waals surface area contributed by atoms with Crippen molar-refractivity contribution in [1.29, 1.82) is 0 Å². The molecule has 2 nitrogen and oxygen atoms in total. The van der Waals surface area contributed by atoms with Crippen molar-refractivity contribution < 1.29 is 0 Å². The van der Waals surface area contributed by atoms with Crippen LogP contribution >= 0.6 is 0 Å². The summed E-state index contributed by atoms with van der Waals surface area (Å²) in [6.07, 6.45) is 5.61. The predicted molar refractivity (Wildman–Crippen MR) is 68.2 cm³/mol. The van der Waals surface area contributed by atoms with E-state index < -0.39 is 0 Å². The van der Waals surface area contributed by atoms with Crippen molar-refractivity contribution in [3.05, 3.63) is 47.5 Å². The second-order valence-electron chi connectivity index (χ2n) is 4.48. The zero-order valence-corrected chi connectivity index (χ0v) is 9.89. The van der Waals surface area contributed by atoms with Crippen LogP contribution in [-0.2, 0) is 6.54 Å². The van der Waals surface area contributed by atoms with E-state index in [0.29, 0.717) is 12.6 Å². The molecule has 86 valence electrons. The highest BCUT2D eigenvalue weighted by Crippen LogP contribution is 2.14. The van der Waals surface area contributed by atoms with Crippen LogP contribution in [0.5, 0.6) is 0 Å². The fraction of sp³-hybridized carbons (Fsp3) is 0.429. The Morgan fingerprint density at radius 1 is 1.31 bits per heavy atom. The summed E-state index contributed by atoms with van der Waals surface area (Å²) in [7, 11) is 0. The molecule has 2 heteroatoms. The Kier molecular flexibility index (Phi) is 3.75. The van der Waals surface area contributed by atoms with Gasteiger partial charge in [0, 0.05) is 25.7 Å². The summed E-state index contributed by atoms with van der Waals surface area (Å²) in [6.45, 7) is 4.96. The highest BCUT2D eigenvalue weighted by molar-refractivity contribution is 5.21. The predicted octanol–water partition coefficient (Wildman–Crippen LogP) is 2.08. The van der Waals surface area contributed by atoms with E-state index in [-0.39, 0.29) is 0 Å². The minimum absolute atomic E-state index is 0.412. The molecule has 2 rings (SSSR count). The van der Waals surface area contributed by atoms with Crippen LogP contribution in [0.4, 0.5) is 0 Å². The quantitative estimate of drug-likeness (QED) is 0.784. The first-order valence-electron chi connectivity index (χ1n) is 5.96. The number of hydrogen-bond acceptors (Lipinski definition) is 2. The fourth-order valence-corrected chi connectivity index (χ4v) is 2.13. The normalized spacial score (nSPS) is 21.2. The SMILES string of the molecule is Cc1ccc(CN2CCC=CC2CN)cc1. The Labute approximate surface area is 97.8 Å². The lowest BCUT2D eigenvalue weighted by Crippen LogP contribution is -2.41. The van der Waals surface area contributed by atoms with E-state index in [9.17, 15) is 0 Å². The maximum Gasteiger partial charge on any atom is 0.0404 e. The minimum atomic E-state index is 0.412. The summed E-state index contributed by atoms with van der Waals surface area (Å²) in [5, 5.41) is 0. The standard InChI is InChI=1S/C14H20N2/c1-12-5-7-13(8-6-12)11-16-9-3-2-4-14(16)10-15/h2,4-8,14H,3,9-11,15H2,1H3. The van der Waals surface area contributed by atoms with Crippen LogP contribution < -0.4 is 5.73 Å². The van der Waals surface area contributed by atoms with E-state index in [1.807, 2.05) is 0 Å². The molecule has 1 aromatic rings. The third kappa shape index (κ3) is 2.71. The van der Waals surface area contributed by atoms with E-state index in [1.165, 1.54) is 11.1 Å². The van der Waals surface area contributed by atoms with E-state index >= 15 is 0 Å². The number of aryl methyl sites for hydroxylation is 1. The topological polar surface area (TPSA) is 29.3 Å². The van der Waals surface area contributed by atoms with Gasteiger partial charge in [0.2, 0.25) is 0 Å². The van der Waals surface area contributed by atoms with Crippen molar-refractivity contribution in [2.24, 2.45) is 5.73 Å². The molecular weight excluding hydrogens is 196 g/mol. The third-order valence-electron chi connectivity index (χ3n) is 3.16. The molecule has 0 bridgehead atoms. The van der Waals surface area contributed by atoms with Gasteiger partial charge in [-0.3, -0.25) is 4.90 Å². The van der Waals surface area contributed by atoms with Gasteiger partial charge in [-0.1, -0.05) is 42.0 Å². The molecular formula is C14H20N2. The van der Waals surface area contributed by atoms with Crippen molar-refractivity contribution in [2.45, 2.75) is 25.9 Å². The van der Waals surface area contributed by atoms with E-state index in [0.717, 1.165) is 19.5 Å². The summed E-state index contributed by atoms with van der Waals surface area (Å²) in [5.74, 6) is 0. The zero-order valence-electron chi connectivity index (χ0n) is 9.89. The molecule has 0 saturated heterocycles. The van der Waals surface area contributed by atoms with E-state index in [2.05, 4.69) is 48.2 Å². The summed E-state index contributed by atoms with van der Waals surface area (Å²) >= 11 is 0. The van der Waals surface area contributed by atoms with Crippen molar-refractivity contribution in [1.82, 2.24) is 4.90 Å². The van der Waals surface area contributed by atoms with Crippen molar-refractivity contribution in [3.63, 3.8) is 0 Å². The first kappa shape index (κ1) is 11.4. The monoisotopic (exact) mass is 216 g/mol. The van der Waals surface area contributed by atoms with Crippen LogP contribution in [0.1, 0.15) is 17.5 Å². The van der Waals surface area contributed by atoms with E-state index in [1.54, 1.807) is 0 Å². The second-order valence-corrected chi connectivity index (χ2v) is 4.48. The second kappa shape index (κ2) is 5.28. The Morgan fingerprint density at radius 2 is 2.06 bits per heavy atom. The van der Waals surface area contributed by atoms with Gasteiger partial charge in [0.25, 0.3) is 0 Å². The van der Waals surface area contributed by atoms with Gasteiger partial charge in [-0.05, 0) is 18.9 Å². The Hall–Kier alpha value is -1.12. The fourth-order valence-electron chi connectivity index (χ4n) is 2.13. The van der Waals surface area contributed by atoms with Crippen LogP contribution in [0.15, 0.2) is 36.4 Å². The molecule has 1 aromatic carbocycles. The molecule has 0 fully saturated rings. The van der Waals surface area contributed by atoms with Gasteiger partial charge in [0.15, 0.2) is 0 Å². The molecule has 0 radical (unpaired) electrons. The molecule has 1 atom stereocenters. The van der Waals surface area contributed by atoms with E-state index in [4.69, 9.17) is 5.73 Å². The van der Waals surface area contributed by atoms with Gasteiger partial charge < -0.3 is 5.73 Å². The molecule has 1 aliphatic rings. The van der Waals surface area contributed by atoms with Gasteiger partial charge in [0.1, 0.15) is 0 Å². The average Bonchev–Trinajstić information content (AvgIpc) is 2.33. The molecule has 0 amide bonds. The smallest absolute Gasteiger partial charge is 0.0404 e. The van der Waals surface area contributed by atoms with Crippen molar-refractivity contribution in [3.8, 4) is 0 Å². The first-order valence-corrected chi connectivity index (χ1v) is 5.96. The summed E-state index contributed by atoms with van der Waals surface area (Å²) in [4.78, 5) is 2.45. The van der Waals surface area contributed by atoms with Crippen LogP contribution in [0.25, 0.3) is 0 Å². The summed E-state index contributed by atoms with van der Waals surface area (Å²) in [6, 6.07) is 9.18. The molecule has 1 aliphatic heterocycles. The van der Waals surface area contributed by atoms with Crippen molar-refractivity contribution >= 4 is 0 Å². The lowest BCUT2D eigenvalue weighted by molar-refractivity contribution is 0.218. The number of rotatable bonds is 3. The largest absolute Gasteiger partial charge is 0.329 e. The van der Waals surface area contributed by atoms with Crippen LogP contribution in [0, 0.1) is 6.92 Å². The molecule has 0 aromatic heterocycles. The number of hydrogen-bond donors (Lipinski definition) is 1. The maximum absolute atomic E-state index is 5.78. The zero-order chi connectivity index (χ0) is 11.4. The Balaban J connectivity index is 2.03. The van der Waals surface area contributed by atoms with Gasteiger partial charge >= 0.3 is 0 Å². The van der Waals surface area contributed by atoms with Gasteiger partial charge in [-0.2, -0.15) is 0 Å². The summed E-state index contributed by atoms with van der Waals surface area (Å²) < 4.78 is 0. The molecule has 0 spiro atoms. The Morgan fingerprint density at radius 3 is 2.75 bits per heavy atom. The lowest BCUT2D eigenvalue weighted by atomic mass is 10.1. The van der Waals surface area contributed by atoms with Crippen LogP contribution in [0.3, 0.4) is 0 Å². The van der Waals surface area contributed by atoms with Gasteiger partial charge in [-0.15, -0.1) is 0 Å². The highest BCUT2D eigenvalue weighted by Gasteiger charge is 2.16. The number of nitrogens with two attached hydrogens (primary N) is 1. The lowest BCUT2D eigenvalue weighted by Gasteiger charge is -2.31. The minimum Gasteiger partial charge on any atom is -0.329 e. The van der Waals surface area contributed by atoms with Crippen LogP contribution in [0.2, 0.25) is 0 Å². The average molecular weight is 216 g/mol. The summed E-state index contributed by atoms with van der Waals surface area (Å²) in [5.41, 5.74) is 8.47. The molecule has 16 heavy (non-hydrogen) atoms. The van der Waals surface area contributed by atoms with Crippen LogP contribution in [-0.4, -0.2) is 24.0 Å². The molecule has 0 saturated carbocycles. The number of benzene rings is 1. The molecule has 0 aliphatic carbocycles. The molecule has 1 unspecified atom stereocenters. The molecule has 2 N–H and O–H groups in total. The maximum atomic E-state index is 5.78. The van der Waals surface area contributed by atoms with Crippen molar-refractivity contribution in [2.75, 3.05) is 13.1 Å².